The number of nitrogens with two attached hydrogens (primary N) is 1. The normalized spacial score (nSPS) is 12.5. The van der Waals surface area contributed by atoms with Crippen LogP contribution in [0, 0.1) is 5.41 Å². The number of aromatic nitrogens is 1. The Hall–Kier alpha value is -3.31. The Bertz CT molecular complexity index is 1390. The van der Waals surface area contributed by atoms with Gasteiger partial charge in [-0.2, -0.15) is 0 Å². The van der Waals surface area contributed by atoms with Crippen molar-refractivity contribution in [2.75, 3.05) is 18.5 Å². The molecule has 0 amide bonds. The van der Waals surface area contributed by atoms with Crippen LogP contribution >= 0.6 is 11.3 Å². The number of nitrogens with one attached hydrogen (secondary N) is 3. The van der Waals surface area contributed by atoms with Crippen molar-refractivity contribution in [3.63, 3.8) is 0 Å². The van der Waals surface area contributed by atoms with E-state index in [4.69, 9.17) is 16.2 Å². The van der Waals surface area contributed by atoms with Gasteiger partial charge in [-0.15, -0.1) is 11.3 Å². The van der Waals surface area contributed by atoms with Crippen LogP contribution in [0.1, 0.15) is 22.2 Å². The largest absolute Gasteiger partial charge is 0.395 e. The van der Waals surface area contributed by atoms with E-state index in [0.29, 0.717) is 29.2 Å². The lowest BCUT2D eigenvalue weighted by atomic mass is 10.0. The average Bonchev–Trinajstić information content (AvgIpc) is 3.27. The molecule has 3 aromatic carbocycles. The second-order valence-corrected chi connectivity index (χ2v) is 10.5. The van der Waals surface area contributed by atoms with E-state index >= 15 is 0 Å². The van der Waals surface area contributed by atoms with Crippen molar-refractivity contribution in [1.82, 2.24) is 9.71 Å². The number of fused-ring (bicyclic) bond motifs is 1. The predicted octanol–water partition coefficient (Wildman–Crippen LogP) is 3.25. The van der Waals surface area contributed by atoms with Gasteiger partial charge in [-0.05, 0) is 48.4 Å². The van der Waals surface area contributed by atoms with E-state index in [1.165, 1.54) is 23.5 Å². The van der Waals surface area contributed by atoms with Gasteiger partial charge in [0.15, 0.2) is 0 Å². The average molecular weight is 496 g/mol. The van der Waals surface area contributed by atoms with Crippen LogP contribution in [0.15, 0.2) is 77.7 Å². The summed E-state index contributed by atoms with van der Waals surface area (Å²) in [5.74, 6) is -0.0498. The van der Waals surface area contributed by atoms with Crippen LogP contribution < -0.4 is 15.8 Å². The number of aliphatic hydroxyl groups excluding tert-OH is 1. The lowest BCUT2D eigenvalue weighted by Gasteiger charge is -2.18. The molecule has 4 rings (SSSR count). The van der Waals surface area contributed by atoms with Crippen molar-refractivity contribution in [1.29, 1.82) is 5.41 Å². The summed E-state index contributed by atoms with van der Waals surface area (Å²) >= 11 is 1.44. The molecule has 0 aliphatic heterocycles. The number of thiazole rings is 1. The molecule has 0 bridgehead atoms. The molecular formula is C24H25N5O3S2. The molecule has 4 aromatic rings. The second kappa shape index (κ2) is 10.3. The summed E-state index contributed by atoms with van der Waals surface area (Å²) in [6.07, 6.45) is 0.336. The number of hydrogen-bond donors (Lipinski definition) is 5. The second-order valence-electron chi connectivity index (χ2n) is 7.69. The highest BCUT2D eigenvalue weighted by Crippen LogP contribution is 2.30. The molecule has 176 valence electrons. The van der Waals surface area contributed by atoms with E-state index in [1.54, 1.807) is 30.3 Å². The number of rotatable bonds is 10. The number of anilines is 1. The monoisotopic (exact) mass is 495 g/mol. The van der Waals surface area contributed by atoms with Crippen molar-refractivity contribution < 1.29 is 13.5 Å². The quantitative estimate of drug-likeness (QED) is 0.169. The number of nitrogens with zero attached hydrogens (tertiary/aromatic N) is 1. The topological polar surface area (TPSA) is 141 Å². The zero-order chi connectivity index (χ0) is 24.1. The Balaban J connectivity index is 1.69. The molecule has 1 aromatic heterocycles. The number of hydrogen-bond acceptors (Lipinski definition) is 7. The fourth-order valence-electron chi connectivity index (χ4n) is 3.55. The van der Waals surface area contributed by atoms with Crippen LogP contribution in [0.2, 0.25) is 0 Å². The fraction of sp³-hybridized carbons (Fsp3) is 0.167. The third kappa shape index (κ3) is 5.60. The first-order chi connectivity index (χ1) is 16.4. The third-order valence-corrected chi connectivity index (χ3v) is 7.79. The summed E-state index contributed by atoms with van der Waals surface area (Å²) in [5, 5.41) is 20.4. The van der Waals surface area contributed by atoms with E-state index in [1.807, 2.05) is 30.3 Å². The Kier molecular flexibility index (Phi) is 7.23. The molecule has 1 atom stereocenters. The van der Waals surface area contributed by atoms with Crippen molar-refractivity contribution in [2.45, 2.75) is 17.4 Å². The van der Waals surface area contributed by atoms with Crippen molar-refractivity contribution in [2.24, 2.45) is 5.73 Å². The van der Waals surface area contributed by atoms with Gasteiger partial charge in [-0.1, -0.05) is 36.4 Å². The molecule has 0 aliphatic carbocycles. The molecule has 10 heteroatoms. The molecule has 0 saturated carbocycles. The summed E-state index contributed by atoms with van der Waals surface area (Å²) in [4.78, 5) is 4.80. The number of sulfonamides is 1. The SMILES string of the molecule is N=C(N)c1cccc(CC(NS(=O)(=O)c2cccc(NCCO)c2)c2nc3ccccc3s2)c1. The van der Waals surface area contributed by atoms with Gasteiger partial charge in [-0.25, -0.2) is 18.1 Å². The standard InChI is InChI=1S/C24H25N5O3S2/c25-23(26)17-6-3-5-16(13-17)14-21(24-28-20-9-1-2-10-22(20)33-24)29-34(31,32)19-8-4-7-18(15-19)27-11-12-30/h1-10,13,15,21,27,29-30H,11-12,14H2,(H3,25,26). The van der Waals surface area contributed by atoms with Gasteiger partial charge in [0, 0.05) is 17.8 Å². The molecule has 0 fully saturated rings. The van der Waals surface area contributed by atoms with Gasteiger partial charge < -0.3 is 16.2 Å². The molecular weight excluding hydrogens is 470 g/mol. The maximum atomic E-state index is 13.4. The summed E-state index contributed by atoms with van der Waals surface area (Å²) in [6, 6.07) is 20.7. The first-order valence-electron chi connectivity index (χ1n) is 10.6. The molecule has 1 heterocycles. The lowest BCUT2D eigenvalue weighted by Crippen LogP contribution is -2.30. The zero-order valence-corrected chi connectivity index (χ0v) is 19.9. The molecule has 1 unspecified atom stereocenters. The molecule has 34 heavy (non-hydrogen) atoms. The van der Waals surface area contributed by atoms with E-state index in [0.717, 1.165) is 15.8 Å². The first-order valence-corrected chi connectivity index (χ1v) is 12.9. The van der Waals surface area contributed by atoms with Gasteiger partial charge in [0.2, 0.25) is 10.0 Å². The smallest absolute Gasteiger partial charge is 0.241 e. The first kappa shape index (κ1) is 23.8. The van der Waals surface area contributed by atoms with Crippen molar-refractivity contribution in [3.8, 4) is 0 Å². The summed E-state index contributed by atoms with van der Waals surface area (Å²) in [5.41, 5.74) is 8.45. The highest BCUT2D eigenvalue weighted by Gasteiger charge is 2.25. The lowest BCUT2D eigenvalue weighted by molar-refractivity contribution is 0.311. The van der Waals surface area contributed by atoms with Gasteiger partial charge in [0.25, 0.3) is 0 Å². The number of nitrogen functional groups attached to an aromatic ring is 1. The minimum Gasteiger partial charge on any atom is -0.395 e. The van der Waals surface area contributed by atoms with Crippen molar-refractivity contribution >= 4 is 43.1 Å². The Morgan fingerprint density at radius 3 is 2.65 bits per heavy atom. The fourth-order valence-corrected chi connectivity index (χ4v) is 5.89. The predicted molar refractivity (Wildman–Crippen MR) is 136 cm³/mol. The molecule has 0 spiro atoms. The van der Waals surface area contributed by atoms with Crippen LogP contribution in [-0.4, -0.2) is 37.5 Å². The van der Waals surface area contributed by atoms with E-state index in [-0.39, 0.29) is 17.3 Å². The minimum absolute atomic E-state index is 0.0498. The van der Waals surface area contributed by atoms with Crippen molar-refractivity contribution in [3.05, 3.63) is 88.9 Å². The minimum atomic E-state index is -3.89. The molecule has 0 saturated heterocycles. The number of aliphatic hydroxyl groups is 1. The summed E-state index contributed by atoms with van der Waals surface area (Å²) in [7, 11) is -3.89. The molecule has 0 aliphatic rings. The maximum absolute atomic E-state index is 13.4. The zero-order valence-electron chi connectivity index (χ0n) is 18.2. The van der Waals surface area contributed by atoms with Gasteiger partial charge in [0.05, 0.1) is 27.8 Å². The summed E-state index contributed by atoms with van der Waals surface area (Å²) in [6.45, 7) is 0.256. The van der Waals surface area contributed by atoms with Crippen LogP contribution in [0.3, 0.4) is 0 Å². The molecule has 8 nitrogen and oxygen atoms in total. The Labute approximate surface area is 202 Å². The van der Waals surface area contributed by atoms with Crippen LogP contribution in [-0.2, 0) is 16.4 Å². The van der Waals surface area contributed by atoms with E-state index < -0.39 is 16.1 Å². The van der Waals surface area contributed by atoms with Gasteiger partial charge in [-0.3, -0.25) is 5.41 Å². The Morgan fingerprint density at radius 1 is 1.09 bits per heavy atom. The Morgan fingerprint density at radius 2 is 1.88 bits per heavy atom. The number of para-hydroxylation sites is 1. The van der Waals surface area contributed by atoms with Crippen LogP contribution in [0.4, 0.5) is 5.69 Å². The molecule has 0 radical (unpaired) electrons. The number of benzene rings is 3. The van der Waals surface area contributed by atoms with Gasteiger partial charge in [0.1, 0.15) is 10.8 Å². The third-order valence-electron chi connectivity index (χ3n) is 5.17. The highest BCUT2D eigenvalue weighted by atomic mass is 32.2. The van der Waals surface area contributed by atoms with Gasteiger partial charge >= 0.3 is 0 Å². The maximum Gasteiger partial charge on any atom is 0.241 e. The number of amidine groups is 1. The van der Waals surface area contributed by atoms with Crippen LogP contribution in [0.25, 0.3) is 10.2 Å². The highest BCUT2D eigenvalue weighted by molar-refractivity contribution is 7.89. The van der Waals surface area contributed by atoms with Crippen LogP contribution in [0.5, 0.6) is 0 Å². The summed E-state index contributed by atoms with van der Waals surface area (Å²) < 4.78 is 30.5. The molecule has 6 N–H and O–H groups in total. The van der Waals surface area contributed by atoms with E-state index in [2.05, 4.69) is 15.0 Å². The van der Waals surface area contributed by atoms with E-state index in [9.17, 15) is 8.42 Å².